The van der Waals surface area contributed by atoms with Gasteiger partial charge in [-0.2, -0.15) is 0 Å². The Kier molecular flexibility index (Phi) is 3.38. The van der Waals surface area contributed by atoms with Crippen LogP contribution in [0, 0.1) is 34.5 Å². The normalized spacial score (nSPS) is 54.1. The highest BCUT2D eigenvalue weighted by atomic mass is 16.5. The Morgan fingerprint density at radius 1 is 1.09 bits per heavy atom. The second-order valence-electron chi connectivity index (χ2n) is 8.96. The molecule has 22 heavy (non-hydrogen) atoms. The van der Waals surface area contributed by atoms with Gasteiger partial charge in [0, 0.05) is 13.7 Å². The van der Waals surface area contributed by atoms with Crippen LogP contribution in [-0.4, -0.2) is 25.7 Å². The lowest BCUT2D eigenvalue weighted by Crippen LogP contribution is -2.54. The van der Waals surface area contributed by atoms with Crippen LogP contribution in [0.25, 0.3) is 0 Å². The van der Waals surface area contributed by atoms with E-state index >= 15 is 0 Å². The van der Waals surface area contributed by atoms with Crippen molar-refractivity contribution in [2.75, 3.05) is 13.7 Å². The van der Waals surface area contributed by atoms with E-state index < -0.39 is 0 Å². The van der Waals surface area contributed by atoms with Crippen molar-refractivity contribution in [1.82, 2.24) is 5.32 Å². The molecular weight excluding hydrogens is 274 g/mol. The van der Waals surface area contributed by atoms with Gasteiger partial charge in [0.1, 0.15) is 0 Å². The lowest BCUT2D eigenvalue weighted by molar-refractivity contribution is -0.143. The first-order valence-corrected chi connectivity index (χ1v) is 9.30. The predicted molar refractivity (Wildman–Crippen MR) is 86.3 cm³/mol. The van der Waals surface area contributed by atoms with Crippen molar-refractivity contribution in [3.05, 3.63) is 0 Å². The van der Waals surface area contributed by atoms with Crippen LogP contribution in [-0.2, 0) is 9.53 Å². The van der Waals surface area contributed by atoms with Crippen molar-refractivity contribution in [1.29, 1.82) is 0 Å². The molecule has 3 heteroatoms. The molecule has 124 valence electrons. The number of amides is 1. The number of carbonyl (C=O) groups excluding carboxylic acids is 1. The molecule has 1 aliphatic heterocycles. The molecule has 4 aliphatic rings. The highest BCUT2D eigenvalue weighted by Crippen LogP contribution is 2.63. The van der Waals surface area contributed by atoms with E-state index in [-0.39, 0.29) is 5.41 Å². The van der Waals surface area contributed by atoms with E-state index in [0.29, 0.717) is 23.3 Å². The molecule has 1 saturated heterocycles. The average molecular weight is 305 g/mol. The minimum absolute atomic E-state index is 0.0753. The molecule has 0 bridgehead atoms. The van der Waals surface area contributed by atoms with Gasteiger partial charge in [-0.3, -0.25) is 4.79 Å². The Hall–Kier alpha value is -0.570. The summed E-state index contributed by atoms with van der Waals surface area (Å²) in [6.45, 7) is 5.72. The number of hydrogen-bond donors (Lipinski definition) is 1. The molecular formula is C19H31NO2. The molecule has 0 aromatic rings. The van der Waals surface area contributed by atoms with E-state index in [1.54, 1.807) is 0 Å². The van der Waals surface area contributed by atoms with Crippen LogP contribution in [0.3, 0.4) is 0 Å². The first-order valence-electron chi connectivity index (χ1n) is 9.30. The third kappa shape index (κ3) is 1.87. The molecule has 0 aromatic heterocycles. The van der Waals surface area contributed by atoms with Gasteiger partial charge in [-0.05, 0) is 74.0 Å². The summed E-state index contributed by atoms with van der Waals surface area (Å²) in [4.78, 5) is 12.3. The van der Waals surface area contributed by atoms with Crippen LogP contribution in [0.15, 0.2) is 0 Å². The molecule has 3 aliphatic carbocycles. The molecule has 7 atom stereocenters. The van der Waals surface area contributed by atoms with Gasteiger partial charge in [0.05, 0.1) is 11.5 Å². The zero-order chi connectivity index (χ0) is 15.5. The van der Waals surface area contributed by atoms with Crippen LogP contribution in [0.4, 0.5) is 0 Å². The molecule has 4 fully saturated rings. The second kappa shape index (κ2) is 4.96. The van der Waals surface area contributed by atoms with Gasteiger partial charge in [-0.25, -0.2) is 0 Å². The topological polar surface area (TPSA) is 38.3 Å². The number of methoxy groups -OCH3 is 1. The Bertz CT molecular complexity index is 478. The van der Waals surface area contributed by atoms with E-state index in [1.165, 1.54) is 38.5 Å². The quantitative estimate of drug-likeness (QED) is 0.806. The smallest absolute Gasteiger partial charge is 0.226 e. The number of ether oxygens (including phenoxy) is 1. The monoisotopic (exact) mass is 305 g/mol. The molecule has 0 radical (unpaired) electrons. The Balaban J connectivity index is 1.60. The number of carbonyl (C=O) groups is 1. The Labute approximate surface area is 134 Å². The van der Waals surface area contributed by atoms with Gasteiger partial charge in [-0.1, -0.05) is 13.8 Å². The highest BCUT2D eigenvalue weighted by Gasteiger charge is 2.60. The maximum absolute atomic E-state index is 12.3. The fourth-order valence-electron chi connectivity index (χ4n) is 6.82. The number of fused-ring (bicyclic) bond motifs is 5. The molecule has 3 saturated carbocycles. The van der Waals surface area contributed by atoms with Crippen LogP contribution >= 0.6 is 0 Å². The van der Waals surface area contributed by atoms with Crippen LogP contribution < -0.4 is 5.32 Å². The standard InChI is InChI=1S/C19H31NO2/c1-18-8-6-13(22-3)10-12(18)4-5-14-15(18)7-9-19(2)16(14)11-20-17(19)21/h12-16H,4-11H2,1-3H3,(H,20,21)/t12?,13-,14+,15-,16-,18-,19-/m0/s1. The maximum Gasteiger partial charge on any atom is 0.226 e. The van der Waals surface area contributed by atoms with Crippen molar-refractivity contribution in [2.45, 2.75) is 64.9 Å². The first kappa shape index (κ1) is 15.0. The van der Waals surface area contributed by atoms with Gasteiger partial charge in [0.2, 0.25) is 5.91 Å². The fraction of sp³-hybridized carbons (Fsp3) is 0.947. The van der Waals surface area contributed by atoms with Gasteiger partial charge >= 0.3 is 0 Å². The van der Waals surface area contributed by atoms with Crippen LogP contribution in [0.2, 0.25) is 0 Å². The number of rotatable bonds is 1. The summed E-state index contributed by atoms with van der Waals surface area (Å²) in [7, 11) is 1.88. The molecule has 1 heterocycles. The van der Waals surface area contributed by atoms with E-state index in [9.17, 15) is 4.79 Å². The van der Waals surface area contributed by atoms with Gasteiger partial charge < -0.3 is 10.1 Å². The number of nitrogens with one attached hydrogen (secondary N) is 1. The van der Waals surface area contributed by atoms with E-state index in [0.717, 1.165) is 30.7 Å². The summed E-state index contributed by atoms with van der Waals surface area (Å²) >= 11 is 0. The minimum atomic E-state index is -0.0753. The lowest BCUT2D eigenvalue weighted by Gasteiger charge is -2.59. The zero-order valence-corrected chi connectivity index (χ0v) is 14.4. The number of hydrogen-bond acceptors (Lipinski definition) is 2. The third-order valence-corrected chi connectivity index (χ3v) is 8.34. The van der Waals surface area contributed by atoms with Crippen LogP contribution in [0.1, 0.15) is 58.8 Å². The van der Waals surface area contributed by atoms with E-state index in [1.807, 2.05) is 7.11 Å². The summed E-state index contributed by atoms with van der Waals surface area (Å²) in [6.07, 6.45) is 9.33. The van der Waals surface area contributed by atoms with E-state index in [2.05, 4.69) is 19.2 Å². The van der Waals surface area contributed by atoms with Crippen molar-refractivity contribution >= 4 is 5.91 Å². The molecule has 1 N–H and O–H groups in total. The summed E-state index contributed by atoms with van der Waals surface area (Å²) in [6, 6.07) is 0. The summed E-state index contributed by atoms with van der Waals surface area (Å²) in [5.41, 5.74) is 0.416. The summed E-state index contributed by atoms with van der Waals surface area (Å²) in [5, 5.41) is 3.18. The largest absolute Gasteiger partial charge is 0.381 e. The molecule has 0 spiro atoms. The van der Waals surface area contributed by atoms with Gasteiger partial charge in [-0.15, -0.1) is 0 Å². The third-order valence-electron chi connectivity index (χ3n) is 8.34. The molecule has 1 amide bonds. The minimum Gasteiger partial charge on any atom is -0.381 e. The van der Waals surface area contributed by atoms with E-state index in [4.69, 9.17) is 4.74 Å². The Morgan fingerprint density at radius 2 is 1.91 bits per heavy atom. The molecule has 0 aromatic carbocycles. The van der Waals surface area contributed by atoms with Crippen molar-refractivity contribution in [3.8, 4) is 0 Å². The van der Waals surface area contributed by atoms with Crippen LogP contribution in [0.5, 0.6) is 0 Å². The van der Waals surface area contributed by atoms with Crippen molar-refractivity contribution < 1.29 is 9.53 Å². The molecule has 4 rings (SSSR count). The van der Waals surface area contributed by atoms with Crippen molar-refractivity contribution in [3.63, 3.8) is 0 Å². The summed E-state index contributed by atoms with van der Waals surface area (Å²) < 4.78 is 5.67. The first-order chi connectivity index (χ1) is 10.5. The lowest BCUT2D eigenvalue weighted by atomic mass is 9.45. The van der Waals surface area contributed by atoms with Gasteiger partial charge in [0.25, 0.3) is 0 Å². The SMILES string of the molecule is CO[C@H]1CC[C@@]2(C)C(CC[C@@H]3[C@@H]2CC[C@]2(C)C(=O)NC[C@@H]32)C1. The molecule has 3 nitrogen and oxygen atoms in total. The predicted octanol–water partition coefficient (Wildman–Crippen LogP) is 3.38. The summed E-state index contributed by atoms with van der Waals surface area (Å²) in [5.74, 6) is 3.33. The maximum atomic E-state index is 12.3. The zero-order valence-electron chi connectivity index (χ0n) is 14.4. The van der Waals surface area contributed by atoms with Gasteiger partial charge in [0.15, 0.2) is 0 Å². The fourth-order valence-corrected chi connectivity index (χ4v) is 6.82. The second-order valence-corrected chi connectivity index (χ2v) is 8.96. The molecule has 1 unspecified atom stereocenters. The van der Waals surface area contributed by atoms with Crippen molar-refractivity contribution in [2.24, 2.45) is 34.5 Å². The Morgan fingerprint density at radius 3 is 2.68 bits per heavy atom. The average Bonchev–Trinajstić information content (AvgIpc) is 2.82. The highest BCUT2D eigenvalue weighted by molar-refractivity contribution is 5.85.